The minimum atomic E-state index is -0.186. The van der Waals surface area contributed by atoms with E-state index in [-0.39, 0.29) is 5.82 Å². The second-order valence-electron chi connectivity index (χ2n) is 3.16. The molecule has 0 unspecified atom stereocenters. The molecule has 0 bridgehead atoms. The number of fused-ring (bicyclic) bond motifs is 1. The summed E-state index contributed by atoms with van der Waals surface area (Å²) < 4.78 is 12.9. The topological polar surface area (TPSA) is 15.8 Å². The van der Waals surface area contributed by atoms with Crippen molar-refractivity contribution in [1.29, 1.82) is 0 Å². The smallest absolute Gasteiger partial charge is 0.125 e. The molecule has 0 aliphatic rings. The number of benzene rings is 1. The van der Waals surface area contributed by atoms with E-state index in [4.69, 9.17) is 0 Å². The molecule has 1 heterocycles. The van der Waals surface area contributed by atoms with E-state index in [2.05, 4.69) is 18.0 Å². The molecule has 2 rings (SSSR count). The zero-order chi connectivity index (χ0) is 9.97. The summed E-state index contributed by atoms with van der Waals surface area (Å²) in [5, 5.41) is 1.08. The average molecular weight is 209 g/mol. The fourth-order valence-corrected chi connectivity index (χ4v) is 2.03. The van der Waals surface area contributed by atoms with Crippen molar-refractivity contribution < 1.29 is 4.39 Å². The number of aromatic amines is 1. The largest absolute Gasteiger partial charge is 0.358 e. The summed E-state index contributed by atoms with van der Waals surface area (Å²) in [6.07, 6.45) is 0. The lowest BCUT2D eigenvalue weighted by atomic mass is 10.2. The molecule has 1 N–H and O–H groups in total. The molecule has 0 fully saturated rings. The number of hydrogen-bond donors (Lipinski definition) is 1. The number of aromatic nitrogens is 1. The molecule has 14 heavy (non-hydrogen) atoms. The van der Waals surface area contributed by atoms with Crippen molar-refractivity contribution in [2.75, 3.05) is 5.75 Å². The monoisotopic (exact) mass is 209 g/mol. The Balaban J connectivity index is 2.32. The summed E-state index contributed by atoms with van der Waals surface area (Å²) >= 11 is 1.86. The van der Waals surface area contributed by atoms with Gasteiger partial charge in [-0.3, -0.25) is 0 Å². The van der Waals surface area contributed by atoms with Crippen LogP contribution in [-0.4, -0.2) is 10.7 Å². The third-order valence-corrected chi connectivity index (χ3v) is 3.03. The van der Waals surface area contributed by atoms with Gasteiger partial charge in [-0.15, -0.1) is 0 Å². The van der Waals surface area contributed by atoms with Gasteiger partial charge in [0.15, 0.2) is 0 Å². The van der Waals surface area contributed by atoms with Gasteiger partial charge in [-0.05, 0) is 35.4 Å². The van der Waals surface area contributed by atoms with Crippen LogP contribution in [0.5, 0.6) is 0 Å². The molecule has 0 radical (unpaired) electrons. The molecule has 1 nitrogen and oxygen atoms in total. The lowest BCUT2D eigenvalue weighted by Gasteiger charge is -1.92. The van der Waals surface area contributed by atoms with Crippen molar-refractivity contribution >= 4 is 22.7 Å². The summed E-state index contributed by atoms with van der Waals surface area (Å²) in [4.78, 5) is 3.21. The van der Waals surface area contributed by atoms with Crippen molar-refractivity contribution in [3.05, 3.63) is 35.8 Å². The first-order chi connectivity index (χ1) is 6.79. The predicted octanol–water partition coefficient (Wildman–Crippen LogP) is 3.56. The van der Waals surface area contributed by atoms with Gasteiger partial charge in [-0.1, -0.05) is 6.92 Å². The van der Waals surface area contributed by atoms with Gasteiger partial charge < -0.3 is 4.98 Å². The zero-order valence-electron chi connectivity index (χ0n) is 8.01. The quantitative estimate of drug-likeness (QED) is 0.817. The highest BCUT2D eigenvalue weighted by atomic mass is 32.2. The number of thioether (sulfide) groups is 1. The summed E-state index contributed by atoms with van der Waals surface area (Å²) in [7, 11) is 0. The molecule has 3 heteroatoms. The van der Waals surface area contributed by atoms with Crippen LogP contribution in [0.1, 0.15) is 12.6 Å². The first-order valence-electron chi connectivity index (χ1n) is 4.64. The van der Waals surface area contributed by atoms with Crippen LogP contribution in [0.2, 0.25) is 0 Å². The van der Waals surface area contributed by atoms with Gasteiger partial charge >= 0.3 is 0 Å². The van der Waals surface area contributed by atoms with Crippen LogP contribution >= 0.6 is 11.8 Å². The standard InChI is InChI=1S/C11H12FNS/c1-2-14-7-10-5-8-3-4-9(12)6-11(8)13-10/h3-6,13H,2,7H2,1H3. The van der Waals surface area contributed by atoms with Gasteiger partial charge in [0.2, 0.25) is 0 Å². The highest BCUT2D eigenvalue weighted by Crippen LogP contribution is 2.19. The average Bonchev–Trinajstić information content (AvgIpc) is 2.56. The minimum Gasteiger partial charge on any atom is -0.358 e. The van der Waals surface area contributed by atoms with Crippen molar-refractivity contribution in [2.24, 2.45) is 0 Å². The Kier molecular flexibility index (Phi) is 2.77. The maximum Gasteiger partial charge on any atom is 0.125 e. The Morgan fingerprint density at radius 2 is 2.21 bits per heavy atom. The van der Waals surface area contributed by atoms with E-state index in [1.807, 2.05) is 11.8 Å². The summed E-state index contributed by atoms with van der Waals surface area (Å²) in [6.45, 7) is 2.13. The SMILES string of the molecule is CCSCc1cc2ccc(F)cc2[nH]1. The highest BCUT2D eigenvalue weighted by Gasteiger charge is 2.01. The molecular formula is C11H12FNS. The van der Waals surface area contributed by atoms with Gasteiger partial charge in [-0.25, -0.2) is 4.39 Å². The van der Waals surface area contributed by atoms with Crippen molar-refractivity contribution in [1.82, 2.24) is 4.98 Å². The van der Waals surface area contributed by atoms with E-state index >= 15 is 0 Å². The van der Waals surface area contributed by atoms with Gasteiger partial charge in [0.1, 0.15) is 5.82 Å². The normalized spacial score (nSPS) is 11.0. The van der Waals surface area contributed by atoms with E-state index in [0.29, 0.717) is 0 Å². The third-order valence-electron chi connectivity index (χ3n) is 2.10. The summed E-state index contributed by atoms with van der Waals surface area (Å²) in [5.41, 5.74) is 2.05. The third kappa shape index (κ3) is 1.93. The Labute approximate surface area is 86.7 Å². The highest BCUT2D eigenvalue weighted by molar-refractivity contribution is 7.98. The van der Waals surface area contributed by atoms with E-state index in [1.165, 1.54) is 12.1 Å². The van der Waals surface area contributed by atoms with Crippen LogP contribution in [-0.2, 0) is 5.75 Å². The Morgan fingerprint density at radius 3 is 3.00 bits per heavy atom. The maximum atomic E-state index is 12.9. The van der Waals surface area contributed by atoms with Crippen LogP contribution < -0.4 is 0 Å². The number of hydrogen-bond acceptors (Lipinski definition) is 1. The molecule has 0 atom stereocenters. The lowest BCUT2D eigenvalue weighted by Crippen LogP contribution is -1.79. The van der Waals surface area contributed by atoms with E-state index < -0.39 is 0 Å². The molecular weight excluding hydrogens is 197 g/mol. The Morgan fingerprint density at radius 1 is 1.36 bits per heavy atom. The number of halogens is 1. The van der Waals surface area contributed by atoms with Crippen LogP contribution in [0.3, 0.4) is 0 Å². The minimum absolute atomic E-state index is 0.186. The molecule has 0 spiro atoms. The van der Waals surface area contributed by atoms with E-state index in [9.17, 15) is 4.39 Å². The first kappa shape index (κ1) is 9.59. The van der Waals surface area contributed by atoms with Gasteiger partial charge in [0.05, 0.1) is 0 Å². The van der Waals surface area contributed by atoms with Crippen LogP contribution in [0, 0.1) is 5.82 Å². The second kappa shape index (κ2) is 4.05. The fourth-order valence-electron chi connectivity index (χ4n) is 1.45. The molecule has 1 aromatic carbocycles. The molecule has 1 aromatic heterocycles. The van der Waals surface area contributed by atoms with Crippen molar-refractivity contribution in [2.45, 2.75) is 12.7 Å². The summed E-state index contributed by atoms with van der Waals surface area (Å²) in [5.74, 6) is 1.88. The van der Waals surface area contributed by atoms with Gasteiger partial charge in [-0.2, -0.15) is 11.8 Å². The molecule has 0 aliphatic carbocycles. The number of H-pyrrole nitrogens is 1. The molecule has 0 amide bonds. The van der Waals surface area contributed by atoms with Crippen LogP contribution in [0.15, 0.2) is 24.3 Å². The van der Waals surface area contributed by atoms with E-state index in [1.54, 1.807) is 6.07 Å². The molecule has 2 aromatic rings. The predicted molar refractivity (Wildman–Crippen MR) is 60.1 cm³/mol. The molecule has 74 valence electrons. The lowest BCUT2D eigenvalue weighted by molar-refractivity contribution is 0.629. The molecule has 0 aliphatic heterocycles. The number of rotatable bonds is 3. The summed E-state index contributed by atoms with van der Waals surface area (Å²) in [6, 6.07) is 6.92. The van der Waals surface area contributed by atoms with E-state index in [0.717, 1.165) is 28.1 Å². The second-order valence-corrected chi connectivity index (χ2v) is 4.44. The zero-order valence-corrected chi connectivity index (χ0v) is 8.83. The molecule has 0 saturated heterocycles. The Hall–Kier alpha value is -0.960. The number of nitrogens with one attached hydrogen (secondary N) is 1. The van der Waals surface area contributed by atoms with Crippen molar-refractivity contribution in [3.8, 4) is 0 Å². The first-order valence-corrected chi connectivity index (χ1v) is 5.80. The Bertz CT molecular complexity index is 436. The van der Waals surface area contributed by atoms with Crippen LogP contribution in [0.4, 0.5) is 4.39 Å². The fraction of sp³-hybridized carbons (Fsp3) is 0.273. The molecule has 0 saturated carbocycles. The van der Waals surface area contributed by atoms with Gasteiger partial charge in [0, 0.05) is 17.0 Å². The van der Waals surface area contributed by atoms with Crippen LogP contribution in [0.25, 0.3) is 10.9 Å². The van der Waals surface area contributed by atoms with Gasteiger partial charge in [0.25, 0.3) is 0 Å². The van der Waals surface area contributed by atoms with Crippen molar-refractivity contribution in [3.63, 3.8) is 0 Å². The maximum absolute atomic E-state index is 12.9.